The first-order chi connectivity index (χ1) is 13.6. The molecule has 0 saturated carbocycles. The molecule has 0 bridgehead atoms. The first kappa shape index (κ1) is 18.3. The van der Waals surface area contributed by atoms with Gasteiger partial charge in [-0.05, 0) is 61.0 Å². The van der Waals surface area contributed by atoms with E-state index in [4.69, 9.17) is 16.3 Å². The van der Waals surface area contributed by atoms with Crippen LogP contribution in [0.25, 0.3) is 11.0 Å². The van der Waals surface area contributed by atoms with Crippen molar-refractivity contribution in [1.82, 2.24) is 9.55 Å². The zero-order valence-electron chi connectivity index (χ0n) is 15.4. The number of ketones is 1. The summed E-state index contributed by atoms with van der Waals surface area (Å²) in [5, 5.41) is 0.608. The molecule has 0 fully saturated rings. The van der Waals surface area contributed by atoms with Crippen molar-refractivity contribution in [1.29, 1.82) is 0 Å². The average molecular weight is 391 g/mol. The molecule has 140 valence electrons. The van der Waals surface area contributed by atoms with E-state index < -0.39 is 0 Å². The van der Waals surface area contributed by atoms with Crippen molar-refractivity contribution in [2.45, 2.75) is 20.1 Å². The smallest absolute Gasteiger partial charge is 0.182 e. The average Bonchev–Trinajstić information content (AvgIpc) is 3.04. The Morgan fingerprint density at radius 2 is 1.82 bits per heavy atom. The second-order valence-electron chi connectivity index (χ2n) is 6.64. The molecule has 4 aromatic rings. The molecule has 0 amide bonds. The second-order valence-corrected chi connectivity index (χ2v) is 7.07. The number of aromatic nitrogens is 2. The largest absolute Gasteiger partial charge is 0.486 e. The Morgan fingerprint density at radius 3 is 2.61 bits per heavy atom. The Bertz CT molecular complexity index is 1130. The van der Waals surface area contributed by atoms with Gasteiger partial charge >= 0.3 is 0 Å². The summed E-state index contributed by atoms with van der Waals surface area (Å²) in [6, 6.07) is 22.6. The third kappa shape index (κ3) is 3.92. The summed E-state index contributed by atoms with van der Waals surface area (Å²) < 4.78 is 7.85. The van der Waals surface area contributed by atoms with Crippen LogP contribution in [0.5, 0.6) is 5.75 Å². The molecule has 3 aromatic carbocycles. The van der Waals surface area contributed by atoms with Gasteiger partial charge in [0.05, 0.1) is 17.6 Å². The fourth-order valence-corrected chi connectivity index (χ4v) is 3.26. The van der Waals surface area contributed by atoms with Crippen LogP contribution >= 0.6 is 11.6 Å². The van der Waals surface area contributed by atoms with Crippen molar-refractivity contribution in [3.05, 3.63) is 94.8 Å². The first-order valence-electron chi connectivity index (χ1n) is 9.02. The maximum Gasteiger partial charge on any atom is 0.182 e. The Balaban J connectivity index is 1.63. The van der Waals surface area contributed by atoms with Gasteiger partial charge in [-0.3, -0.25) is 4.79 Å². The topological polar surface area (TPSA) is 44.1 Å². The predicted molar refractivity (Wildman–Crippen MR) is 111 cm³/mol. The first-order valence-corrected chi connectivity index (χ1v) is 9.40. The molecule has 0 aliphatic heterocycles. The number of carbonyl (C=O) groups excluding carboxylic acids is 1. The van der Waals surface area contributed by atoms with Gasteiger partial charge < -0.3 is 9.30 Å². The number of para-hydroxylation sites is 2. The molecule has 0 saturated heterocycles. The van der Waals surface area contributed by atoms with Crippen LogP contribution in [0.3, 0.4) is 0 Å². The predicted octanol–water partition coefficient (Wildman–Crippen LogP) is 5.46. The van der Waals surface area contributed by atoms with Gasteiger partial charge in [-0.15, -0.1) is 0 Å². The minimum atomic E-state index is -0.00312. The lowest BCUT2D eigenvalue weighted by Gasteiger charge is -2.10. The van der Waals surface area contributed by atoms with Crippen molar-refractivity contribution in [3.63, 3.8) is 0 Å². The molecular formula is C23H19ClN2O2. The van der Waals surface area contributed by atoms with E-state index in [0.29, 0.717) is 16.4 Å². The van der Waals surface area contributed by atoms with Gasteiger partial charge in [0.1, 0.15) is 18.2 Å². The van der Waals surface area contributed by atoms with Gasteiger partial charge in [-0.25, -0.2) is 4.98 Å². The number of halogens is 1. The normalized spacial score (nSPS) is 10.9. The third-order valence-corrected chi connectivity index (χ3v) is 4.81. The Morgan fingerprint density at radius 1 is 1.04 bits per heavy atom. The lowest BCUT2D eigenvalue weighted by atomic mass is 10.1. The number of ether oxygens (including phenoxy) is 1. The van der Waals surface area contributed by atoms with Gasteiger partial charge in [0.15, 0.2) is 5.78 Å². The van der Waals surface area contributed by atoms with Crippen molar-refractivity contribution in [3.8, 4) is 5.75 Å². The molecule has 4 nitrogen and oxygen atoms in total. The maximum absolute atomic E-state index is 12.8. The molecule has 5 heteroatoms. The van der Waals surface area contributed by atoms with Crippen LogP contribution in [0, 0.1) is 6.92 Å². The molecule has 1 aromatic heterocycles. The summed E-state index contributed by atoms with van der Waals surface area (Å²) in [6.07, 6.45) is 0. The molecule has 0 aliphatic carbocycles. The monoisotopic (exact) mass is 390 g/mol. The molecule has 0 aliphatic rings. The van der Waals surface area contributed by atoms with Crippen LogP contribution in [0.2, 0.25) is 5.02 Å². The highest BCUT2D eigenvalue weighted by molar-refractivity contribution is 6.30. The van der Waals surface area contributed by atoms with Crippen molar-refractivity contribution >= 4 is 28.4 Å². The fraction of sp³-hybridized carbons (Fsp3) is 0.130. The van der Waals surface area contributed by atoms with Crippen LogP contribution in [0.15, 0.2) is 72.8 Å². The highest BCUT2D eigenvalue weighted by Crippen LogP contribution is 2.20. The van der Waals surface area contributed by atoms with Crippen LogP contribution in [-0.2, 0) is 13.2 Å². The second kappa shape index (κ2) is 7.87. The number of nitrogens with zero attached hydrogens (tertiary/aromatic N) is 2. The number of hydrogen-bond acceptors (Lipinski definition) is 3. The van der Waals surface area contributed by atoms with E-state index in [1.807, 2.05) is 60.0 Å². The zero-order chi connectivity index (χ0) is 19.5. The van der Waals surface area contributed by atoms with Crippen LogP contribution in [0.4, 0.5) is 0 Å². The molecule has 1 heterocycles. The summed E-state index contributed by atoms with van der Waals surface area (Å²) >= 11 is 5.93. The SMILES string of the molecule is Cc1cccc(OCc2nc3ccccc3n2CC(=O)c2ccc(Cl)cc2)c1. The van der Waals surface area contributed by atoms with Gasteiger partial charge in [0.25, 0.3) is 0 Å². The number of hydrogen-bond donors (Lipinski definition) is 0. The van der Waals surface area contributed by atoms with Gasteiger partial charge in [-0.2, -0.15) is 0 Å². The maximum atomic E-state index is 12.8. The molecule has 0 radical (unpaired) electrons. The van der Waals surface area contributed by atoms with E-state index in [2.05, 4.69) is 4.98 Å². The standard InChI is InChI=1S/C23H19ClN2O2/c1-16-5-4-6-19(13-16)28-15-23-25-20-7-2-3-8-21(20)26(23)14-22(27)17-9-11-18(24)12-10-17/h2-13H,14-15H2,1H3. The van der Waals surface area contributed by atoms with E-state index in [0.717, 1.165) is 22.3 Å². The highest BCUT2D eigenvalue weighted by atomic mass is 35.5. The molecule has 28 heavy (non-hydrogen) atoms. The Hall–Kier alpha value is -3.11. The molecular weight excluding hydrogens is 372 g/mol. The summed E-state index contributed by atoms with van der Waals surface area (Å²) in [6.45, 7) is 2.49. The summed E-state index contributed by atoms with van der Waals surface area (Å²) in [5.41, 5.74) is 3.50. The number of fused-ring (bicyclic) bond motifs is 1. The van der Waals surface area contributed by atoms with Crippen LogP contribution in [0.1, 0.15) is 21.7 Å². The van der Waals surface area contributed by atoms with Crippen molar-refractivity contribution in [2.75, 3.05) is 0 Å². The Labute approximate surface area is 168 Å². The minimum absolute atomic E-state index is 0.00312. The fourth-order valence-electron chi connectivity index (χ4n) is 3.14. The Kier molecular flexibility index (Phi) is 5.13. The van der Waals surface area contributed by atoms with Crippen molar-refractivity contribution in [2.24, 2.45) is 0 Å². The van der Waals surface area contributed by atoms with Crippen molar-refractivity contribution < 1.29 is 9.53 Å². The zero-order valence-corrected chi connectivity index (χ0v) is 16.2. The lowest BCUT2D eigenvalue weighted by Crippen LogP contribution is -2.14. The van der Waals surface area contributed by atoms with Gasteiger partial charge in [0, 0.05) is 10.6 Å². The summed E-state index contributed by atoms with van der Waals surface area (Å²) in [4.78, 5) is 17.5. The van der Waals surface area contributed by atoms with E-state index in [1.54, 1.807) is 24.3 Å². The minimum Gasteiger partial charge on any atom is -0.486 e. The molecule has 0 N–H and O–H groups in total. The number of Topliss-reactive ketones (excluding diaryl/α,β-unsaturated/α-hetero) is 1. The van der Waals surface area contributed by atoms with E-state index in [9.17, 15) is 4.79 Å². The number of imidazole rings is 1. The number of aryl methyl sites for hydroxylation is 1. The molecule has 4 rings (SSSR count). The number of carbonyl (C=O) groups is 1. The summed E-state index contributed by atoms with van der Waals surface area (Å²) in [7, 11) is 0. The number of benzene rings is 3. The molecule has 0 unspecified atom stereocenters. The van der Waals surface area contributed by atoms with Crippen LogP contribution in [-0.4, -0.2) is 15.3 Å². The van der Waals surface area contributed by atoms with Gasteiger partial charge in [0.2, 0.25) is 0 Å². The summed E-state index contributed by atoms with van der Waals surface area (Å²) in [5.74, 6) is 1.49. The van der Waals surface area contributed by atoms with Gasteiger partial charge in [-0.1, -0.05) is 35.9 Å². The third-order valence-electron chi connectivity index (χ3n) is 4.56. The van der Waals surface area contributed by atoms with Crippen LogP contribution < -0.4 is 4.74 Å². The lowest BCUT2D eigenvalue weighted by molar-refractivity contribution is 0.0971. The molecule has 0 spiro atoms. The van der Waals surface area contributed by atoms with E-state index >= 15 is 0 Å². The highest BCUT2D eigenvalue weighted by Gasteiger charge is 2.15. The number of rotatable bonds is 6. The van der Waals surface area contributed by atoms with E-state index in [1.165, 1.54) is 0 Å². The van der Waals surface area contributed by atoms with E-state index in [-0.39, 0.29) is 18.9 Å². The molecule has 0 atom stereocenters. The quantitative estimate of drug-likeness (QED) is 0.410.